The standard InChI is InChI=1S/C15H23BrN2O/c1-10(17)8-12-4-5-15(13(16)9-12)18(3)14-6-7-19-11(14)2/h4-5,9-11,14H,6-8,17H2,1-3H3. The first-order valence-electron chi connectivity index (χ1n) is 6.87. The second-order valence-corrected chi connectivity index (χ2v) is 6.36. The molecule has 0 amide bonds. The number of likely N-dealkylation sites (N-methyl/N-ethyl adjacent to an activating group) is 1. The second-order valence-electron chi connectivity index (χ2n) is 5.51. The molecule has 0 radical (unpaired) electrons. The van der Waals surface area contributed by atoms with Crippen LogP contribution in [0.4, 0.5) is 5.69 Å². The van der Waals surface area contributed by atoms with E-state index in [1.807, 2.05) is 6.92 Å². The monoisotopic (exact) mass is 326 g/mol. The Bertz CT molecular complexity index is 436. The van der Waals surface area contributed by atoms with Crippen LogP contribution in [0.3, 0.4) is 0 Å². The van der Waals surface area contributed by atoms with Gasteiger partial charge in [-0.25, -0.2) is 0 Å². The van der Waals surface area contributed by atoms with Gasteiger partial charge in [0.25, 0.3) is 0 Å². The summed E-state index contributed by atoms with van der Waals surface area (Å²) in [5.74, 6) is 0. The molecule has 2 rings (SSSR count). The maximum atomic E-state index is 5.85. The smallest absolute Gasteiger partial charge is 0.0750 e. The van der Waals surface area contributed by atoms with E-state index in [0.717, 1.165) is 23.9 Å². The number of benzene rings is 1. The van der Waals surface area contributed by atoms with Crippen LogP contribution in [-0.2, 0) is 11.2 Å². The number of nitrogens with zero attached hydrogens (tertiary/aromatic N) is 1. The molecule has 3 unspecified atom stereocenters. The van der Waals surface area contributed by atoms with Crippen LogP contribution in [0.5, 0.6) is 0 Å². The van der Waals surface area contributed by atoms with Crippen molar-refractivity contribution in [1.29, 1.82) is 0 Å². The molecule has 0 bridgehead atoms. The lowest BCUT2D eigenvalue weighted by atomic mass is 10.1. The first kappa shape index (κ1) is 14.8. The van der Waals surface area contributed by atoms with Crippen LogP contribution < -0.4 is 10.6 Å². The third kappa shape index (κ3) is 3.50. The van der Waals surface area contributed by atoms with Crippen molar-refractivity contribution in [2.45, 2.75) is 44.9 Å². The zero-order chi connectivity index (χ0) is 14.0. The summed E-state index contributed by atoms with van der Waals surface area (Å²) in [6, 6.07) is 7.16. The lowest BCUT2D eigenvalue weighted by Gasteiger charge is -2.30. The molecule has 2 N–H and O–H groups in total. The molecule has 0 saturated carbocycles. The van der Waals surface area contributed by atoms with E-state index in [-0.39, 0.29) is 6.04 Å². The van der Waals surface area contributed by atoms with E-state index in [1.54, 1.807) is 0 Å². The number of hydrogen-bond donors (Lipinski definition) is 1. The minimum Gasteiger partial charge on any atom is -0.376 e. The third-order valence-corrected chi connectivity index (χ3v) is 4.42. The SMILES string of the molecule is CC(N)Cc1ccc(N(C)C2CCOC2C)c(Br)c1. The number of anilines is 1. The molecule has 1 aromatic rings. The molecule has 1 fully saturated rings. The molecule has 1 aliphatic rings. The molecule has 106 valence electrons. The number of rotatable bonds is 4. The largest absolute Gasteiger partial charge is 0.376 e. The van der Waals surface area contributed by atoms with E-state index in [9.17, 15) is 0 Å². The highest BCUT2D eigenvalue weighted by atomic mass is 79.9. The quantitative estimate of drug-likeness (QED) is 0.924. The van der Waals surface area contributed by atoms with Gasteiger partial charge in [0.15, 0.2) is 0 Å². The Balaban J connectivity index is 2.16. The molecule has 0 spiro atoms. The molecular weight excluding hydrogens is 304 g/mol. The van der Waals surface area contributed by atoms with E-state index in [4.69, 9.17) is 10.5 Å². The summed E-state index contributed by atoms with van der Waals surface area (Å²) in [6.07, 6.45) is 2.29. The van der Waals surface area contributed by atoms with Crippen LogP contribution in [0.25, 0.3) is 0 Å². The topological polar surface area (TPSA) is 38.5 Å². The molecule has 19 heavy (non-hydrogen) atoms. The summed E-state index contributed by atoms with van der Waals surface area (Å²) >= 11 is 3.68. The van der Waals surface area contributed by atoms with Gasteiger partial charge in [-0.3, -0.25) is 0 Å². The fourth-order valence-electron chi connectivity index (χ4n) is 2.74. The molecule has 1 heterocycles. The second kappa shape index (κ2) is 6.25. The lowest BCUT2D eigenvalue weighted by molar-refractivity contribution is 0.118. The van der Waals surface area contributed by atoms with Gasteiger partial charge < -0.3 is 15.4 Å². The average Bonchev–Trinajstić information content (AvgIpc) is 2.74. The molecule has 3 atom stereocenters. The van der Waals surface area contributed by atoms with Gasteiger partial charge in [0, 0.05) is 24.2 Å². The van der Waals surface area contributed by atoms with E-state index >= 15 is 0 Å². The average molecular weight is 327 g/mol. The lowest BCUT2D eigenvalue weighted by Crippen LogP contribution is -2.36. The minimum absolute atomic E-state index is 0.193. The predicted octanol–water partition coefficient (Wildman–Crippen LogP) is 2.95. The van der Waals surface area contributed by atoms with E-state index in [0.29, 0.717) is 12.1 Å². The van der Waals surface area contributed by atoms with Gasteiger partial charge in [-0.15, -0.1) is 0 Å². The van der Waals surface area contributed by atoms with Crippen molar-refractivity contribution in [2.24, 2.45) is 5.73 Å². The van der Waals surface area contributed by atoms with Gasteiger partial charge in [-0.1, -0.05) is 6.07 Å². The number of halogens is 1. The van der Waals surface area contributed by atoms with Gasteiger partial charge in [0.2, 0.25) is 0 Å². The van der Waals surface area contributed by atoms with Crippen LogP contribution in [0.15, 0.2) is 22.7 Å². The van der Waals surface area contributed by atoms with Crippen LogP contribution in [0.2, 0.25) is 0 Å². The van der Waals surface area contributed by atoms with Crippen molar-refractivity contribution in [1.82, 2.24) is 0 Å². The summed E-state index contributed by atoms with van der Waals surface area (Å²) in [5, 5.41) is 0. The fourth-order valence-corrected chi connectivity index (χ4v) is 3.45. The Hall–Kier alpha value is -0.580. The summed E-state index contributed by atoms with van der Waals surface area (Å²) in [4.78, 5) is 2.32. The maximum absolute atomic E-state index is 5.85. The Labute approximate surface area is 124 Å². The van der Waals surface area contributed by atoms with Crippen molar-refractivity contribution >= 4 is 21.6 Å². The van der Waals surface area contributed by atoms with Crippen LogP contribution in [-0.4, -0.2) is 31.8 Å². The van der Waals surface area contributed by atoms with E-state index in [1.165, 1.54) is 11.3 Å². The zero-order valence-electron chi connectivity index (χ0n) is 11.9. The Morgan fingerprint density at radius 2 is 2.26 bits per heavy atom. The molecule has 4 heteroatoms. The van der Waals surface area contributed by atoms with Gasteiger partial charge in [-0.2, -0.15) is 0 Å². The summed E-state index contributed by atoms with van der Waals surface area (Å²) in [6.45, 7) is 5.04. The Morgan fingerprint density at radius 1 is 1.53 bits per heavy atom. The predicted molar refractivity (Wildman–Crippen MR) is 83.7 cm³/mol. The molecule has 1 aliphatic heterocycles. The molecule has 0 aromatic heterocycles. The zero-order valence-corrected chi connectivity index (χ0v) is 13.5. The van der Waals surface area contributed by atoms with Crippen LogP contribution >= 0.6 is 15.9 Å². The van der Waals surface area contributed by atoms with Crippen LogP contribution in [0, 0.1) is 0 Å². The molecular formula is C15H23BrN2O. The number of ether oxygens (including phenoxy) is 1. The normalized spacial score (nSPS) is 24.5. The van der Waals surface area contributed by atoms with Crippen molar-refractivity contribution in [3.05, 3.63) is 28.2 Å². The summed E-state index contributed by atoms with van der Waals surface area (Å²) in [5.41, 5.74) is 8.34. The van der Waals surface area contributed by atoms with Gasteiger partial charge >= 0.3 is 0 Å². The van der Waals surface area contributed by atoms with Gasteiger partial charge in [-0.05, 0) is 60.3 Å². The molecule has 1 saturated heterocycles. The highest BCUT2D eigenvalue weighted by Crippen LogP contribution is 2.31. The van der Waals surface area contributed by atoms with Crippen molar-refractivity contribution in [3.63, 3.8) is 0 Å². The minimum atomic E-state index is 0.193. The van der Waals surface area contributed by atoms with Crippen molar-refractivity contribution in [2.75, 3.05) is 18.6 Å². The highest BCUT2D eigenvalue weighted by molar-refractivity contribution is 9.10. The Kier molecular flexibility index (Phi) is 4.87. The van der Waals surface area contributed by atoms with E-state index in [2.05, 4.69) is 53.0 Å². The first-order valence-corrected chi connectivity index (χ1v) is 7.66. The van der Waals surface area contributed by atoms with E-state index < -0.39 is 0 Å². The van der Waals surface area contributed by atoms with Crippen molar-refractivity contribution in [3.8, 4) is 0 Å². The Morgan fingerprint density at radius 3 is 2.79 bits per heavy atom. The molecule has 3 nitrogen and oxygen atoms in total. The highest BCUT2D eigenvalue weighted by Gasteiger charge is 2.28. The summed E-state index contributed by atoms with van der Waals surface area (Å²) < 4.78 is 6.78. The van der Waals surface area contributed by atoms with Gasteiger partial charge in [0.1, 0.15) is 0 Å². The molecule has 0 aliphatic carbocycles. The summed E-state index contributed by atoms with van der Waals surface area (Å²) in [7, 11) is 2.14. The van der Waals surface area contributed by atoms with Gasteiger partial charge in [0.05, 0.1) is 17.8 Å². The fraction of sp³-hybridized carbons (Fsp3) is 0.600. The number of nitrogens with two attached hydrogens (primary N) is 1. The third-order valence-electron chi connectivity index (χ3n) is 3.78. The van der Waals surface area contributed by atoms with Crippen molar-refractivity contribution < 1.29 is 4.74 Å². The van der Waals surface area contributed by atoms with Crippen LogP contribution in [0.1, 0.15) is 25.8 Å². The first-order chi connectivity index (χ1) is 8.99. The molecule has 1 aromatic carbocycles. The maximum Gasteiger partial charge on any atom is 0.0750 e. The number of hydrogen-bond acceptors (Lipinski definition) is 3.